The average molecular weight is 286 g/mol. The molecule has 1 fully saturated rings. The number of aromatic nitrogens is 2. The third-order valence-electron chi connectivity index (χ3n) is 4.05. The molecule has 0 spiro atoms. The fourth-order valence-corrected chi connectivity index (χ4v) is 2.81. The average Bonchev–Trinajstić information content (AvgIpc) is 2.81. The second-order valence-electron chi connectivity index (χ2n) is 5.63. The highest BCUT2D eigenvalue weighted by Gasteiger charge is 2.19. The summed E-state index contributed by atoms with van der Waals surface area (Å²) in [7, 11) is 2.15. The lowest BCUT2D eigenvalue weighted by atomic mass is 10.1. The van der Waals surface area contributed by atoms with Crippen molar-refractivity contribution >= 4 is 0 Å². The summed E-state index contributed by atoms with van der Waals surface area (Å²) in [4.78, 5) is 6.84. The Morgan fingerprint density at radius 3 is 2.95 bits per heavy atom. The standard InChI is InChI=1S/C16H22N4O/c1-20(14-8-5-10-17-11-9-14)12-15-18-16(21-19-15)13-6-3-2-4-7-13/h2-4,6-7,14,17H,5,8-12H2,1H3. The van der Waals surface area contributed by atoms with Gasteiger partial charge in [0.2, 0.25) is 0 Å². The van der Waals surface area contributed by atoms with Crippen LogP contribution in [0.4, 0.5) is 0 Å². The van der Waals surface area contributed by atoms with Gasteiger partial charge in [0.25, 0.3) is 5.89 Å². The van der Waals surface area contributed by atoms with Gasteiger partial charge in [-0.05, 0) is 51.5 Å². The first-order chi connectivity index (χ1) is 10.3. The highest BCUT2D eigenvalue weighted by Crippen LogP contribution is 2.18. The third kappa shape index (κ3) is 3.68. The third-order valence-corrected chi connectivity index (χ3v) is 4.05. The van der Waals surface area contributed by atoms with E-state index in [9.17, 15) is 0 Å². The molecule has 2 aromatic rings. The van der Waals surface area contributed by atoms with Crippen LogP contribution in [0.25, 0.3) is 11.5 Å². The van der Waals surface area contributed by atoms with E-state index in [1.54, 1.807) is 0 Å². The van der Waals surface area contributed by atoms with Crippen LogP contribution in [0, 0.1) is 0 Å². The Labute approximate surface area is 125 Å². The first kappa shape index (κ1) is 14.2. The van der Waals surface area contributed by atoms with Crippen molar-refractivity contribution in [3.05, 3.63) is 36.2 Å². The predicted molar refractivity (Wildman–Crippen MR) is 81.7 cm³/mol. The molecule has 0 amide bonds. The van der Waals surface area contributed by atoms with Crippen LogP contribution >= 0.6 is 0 Å². The summed E-state index contributed by atoms with van der Waals surface area (Å²) < 4.78 is 5.36. The molecule has 21 heavy (non-hydrogen) atoms. The SMILES string of the molecule is CN(Cc1noc(-c2ccccc2)n1)C1CCCNCC1. The molecule has 5 nitrogen and oxygen atoms in total. The van der Waals surface area contributed by atoms with E-state index in [1.165, 1.54) is 19.3 Å². The molecule has 1 aliphatic heterocycles. The van der Waals surface area contributed by atoms with Crippen LogP contribution in [0.2, 0.25) is 0 Å². The number of benzene rings is 1. The van der Waals surface area contributed by atoms with E-state index >= 15 is 0 Å². The van der Waals surface area contributed by atoms with Crippen molar-refractivity contribution in [2.45, 2.75) is 31.8 Å². The van der Waals surface area contributed by atoms with E-state index in [1.807, 2.05) is 30.3 Å². The Bertz CT molecular complexity index is 546. The normalized spacial score (nSPS) is 19.6. The number of hydrogen-bond donors (Lipinski definition) is 1. The van der Waals surface area contributed by atoms with Gasteiger partial charge < -0.3 is 9.84 Å². The Balaban J connectivity index is 1.64. The van der Waals surface area contributed by atoms with Gasteiger partial charge in [-0.25, -0.2) is 0 Å². The molecule has 1 aliphatic rings. The second-order valence-corrected chi connectivity index (χ2v) is 5.63. The fraction of sp³-hybridized carbons (Fsp3) is 0.500. The zero-order chi connectivity index (χ0) is 14.5. The van der Waals surface area contributed by atoms with E-state index in [2.05, 4.69) is 27.4 Å². The quantitative estimate of drug-likeness (QED) is 0.934. The lowest BCUT2D eigenvalue weighted by Gasteiger charge is -2.25. The van der Waals surface area contributed by atoms with E-state index in [0.717, 1.165) is 31.0 Å². The van der Waals surface area contributed by atoms with Gasteiger partial charge in [0, 0.05) is 11.6 Å². The van der Waals surface area contributed by atoms with E-state index in [-0.39, 0.29) is 0 Å². The molecular formula is C16H22N4O. The largest absolute Gasteiger partial charge is 0.334 e. The molecule has 1 saturated heterocycles. The maximum atomic E-state index is 5.36. The van der Waals surface area contributed by atoms with E-state index < -0.39 is 0 Å². The van der Waals surface area contributed by atoms with Crippen molar-refractivity contribution in [2.24, 2.45) is 0 Å². The number of nitrogens with zero attached hydrogens (tertiary/aromatic N) is 3. The smallest absolute Gasteiger partial charge is 0.257 e. The van der Waals surface area contributed by atoms with Crippen LogP contribution in [0.15, 0.2) is 34.9 Å². The summed E-state index contributed by atoms with van der Waals surface area (Å²) >= 11 is 0. The molecule has 2 heterocycles. The summed E-state index contributed by atoms with van der Waals surface area (Å²) in [5, 5.41) is 7.55. The molecule has 1 atom stereocenters. The summed E-state index contributed by atoms with van der Waals surface area (Å²) in [6, 6.07) is 10.5. The Kier molecular flexibility index (Phi) is 4.62. The van der Waals surface area contributed by atoms with E-state index in [4.69, 9.17) is 4.52 Å². The minimum Gasteiger partial charge on any atom is -0.334 e. The first-order valence-electron chi connectivity index (χ1n) is 7.62. The van der Waals surface area contributed by atoms with Crippen molar-refractivity contribution in [3.8, 4) is 11.5 Å². The van der Waals surface area contributed by atoms with Crippen molar-refractivity contribution in [2.75, 3.05) is 20.1 Å². The zero-order valence-corrected chi connectivity index (χ0v) is 12.5. The van der Waals surface area contributed by atoms with Gasteiger partial charge in [0.05, 0.1) is 6.54 Å². The van der Waals surface area contributed by atoms with Gasteiger partial charge in [-0.2, -0.15) is 4.98 Å². The van der Waals surface area contributed by atoms with Crippen molar-refractivity contribution in [3.63, 3.8) is 0 Å². The second kappa shape index (κ2) is 6.83. The lowest BCUT2D eigenvalue weighted by molar-refractivity contribution is 0.209. The lowest BCUT2D eigenvalue weighted by Crippen LogP contribution is -2.32. The Morgan fingerprint density at radius 1 is 1.24 bits per heavy atom. The van der Waals surface area contributed by atoms with Crippen LogP contribution in [-0.2, 0) is 6.54 Å². The summed E-state index contributed by atoms with van der Waals surface area (Å²) in [6.07, 6.45) is 3.64. The topological polar surface area (TPSA) is 54.2 Å². The minimum atomic E-state index is 0.596. The Hall–Kier alpha value is -1.72. The van der Waals surface area contributed by atoms with Crippen LogP contribution in [-0.4, -0.2) is 41.2 Å². The Morgan fingerprint density at radius 2 is 2.10 bits per heavy atom. The maximum Gasteiger partial charge on any atom is 0.257 e. The molecule has 0 bridgehead atoms. The molecule has 1 aromatic carbocycles. The molecule has 1 N–H and O–H groups in total. The number of hydrogen-bond acceptors (Lipinski definition) is 5. The predicted octanol–water partition coefficient (Wildman–Crippen LogP) is 2.31. The molecule has 0 saturated carbocycles. The maximum absolute atomic E-state index is 5.36. The number of nitrogens with one attached hydrogen (secondary N) is 1. The van der Waals surface area contributed by atoms with E-state index in [0.29, 0.717) is 11.9 Å². The van der Waals surface area contributed by atoms with Gasteiger partial charge in [0.15, 0.2) is 5.82 Å². The zero-order valence-electron chi connectivity index (χ0n) is 12.5. The van der Waals surface area contributed by atoms with Crippen LogP contribution < -0.4 is 5.32 Å². The molecule has 112 valence electrons. The van der Waals surface area contributed by atoms with Crippen molar-refractivity contribution < 1.29 is 4.52 Å². The monoisotopic (exact) mass is 286 g/mol. The molecule has 1 aromatic heterocycles. The van der Waals surface area contributed by atoms with Gasteiger partial charge in [-0.15, -0.1) is 0 Å². The van der Waals surface area contributed by atoms with Crippen molar-refractivity contribution in [1.82, 2.24) is 20.4 Å². The summed E-state index contributed by atoms with van der Waals surface area (Å²) in [5.74, 6) is 1.36. The molecular weight excluding hydrogens is 264 g/mol. The van der Waals surface area contributed by atoms with Gasteiger partial charge in [0.1, 0.15) is 0 Å². The summed E-state index contributed by atoms with van der Waals surface area (Å²) in [5.41, 5.74) is 0.970. The van der Waals surface area contributed by atoms with Gasteiger partial charge in [-0.3, -0.25) is 4.90 Å². The molecule has 1 unspecified atom stereocenters. The summed E-state index contributed by atoms with van der Waals surface area (Å²) in [6.45, 7) is 2.96. The molecule has 0 aliphatic carbocycles. The van der Waals surface area contributed by atoms with Crippen LogP contribution in [0.1, 0.15) is 25.1 Å². The number of rotatable bonds is 4. The van der Waals surface area contributed by atoms with Crippen LogP contribution in [0.5, 0.6) is 0 Å². The highest BCUT2D eigenvalue weighted by atomic mass is 16.5. The molecule has 5 heteroatoms. The van der Waals surface area contributed by atoms with Gasteiger partial charge in [-0.1, -0.05) is 23.4 Å². The highest BCUT2D eigenvalue weighted by molar-refractivity contribution is 5.51. The molecule has 0 radical (unpaired) electrons. The first-order valence-corrected chi connectivity index (χ1v) is 7.62. The van der Waals surface area contributed by atoms with Crippen LogP contribution in [0.3, 0.4) is 0 Å². The minimum absolute atomic E-state index is 0.596. The van der Waals surface area contributed by atoms with Gasteiger partial charge >= 0.3 is 0 Å². The van der Waals surface area contributed by atoms with Crippen molar-refractivity contribution in [1.29, 1.82) is 0 Å². The molecule has 3 rings (SSSR count). The fourth-order valence-electron chi connectivity index (χ4n) is 2.81.